The molecule has 0 spiro atoms. The van der Waals surface area contributed by atoms with Crippen LogP contribution in [0.25, 0.3) is 11.0 Å². The molecule has 24 heavy (non-hydrogen) atoms. The molecule has 0 aliphatic rings. The van der Waals surface area contributed by atoms with Crippen LogP contribution in [0.5, 0.6) is 5.75 Å². The van der Waals surface area contributed by atoms with Crippen molar-refractivity contribution in [2.75, 3.05) is 7.11 Å². The van der Waals surface area contributed by atoms with Crippen LogP contribution in [0.2, 0.25) is 0 Å². The van der Waals surface area contributed by atoms with Crippen LogP contribution >= 0.6 is 11.8 Å². The van der Waals surface area contributed by atoms with Gasteiger partial charge in [0.1, 0.15) is 11.3 Å². The summed E-state index contributed by atoms with van der Waals surface area (Å²) < 4.78 is 10.6. The molecule has 3 rings (SSSR count). The Balaban J connectivity index is 1.82. The molecular formula is C20H20O3S. The van der Waals surface area contributed by atoms with Crippen LogP contribution in [0.4, 0.5) is 0 Å². The Kier molecular flexibility index (Phi) is 4.95. The van der Waals surface area contributed by atoms with E-state index in [1.165, 1.54) is 11.1 Å². The van der Waals surface area contributed by atoms with Gasteiger partial charge in [0, 0.05) is 23.0 Å². The largest absolute Gasteiger partial charge is 0.497 e. The highest BCUT2D eigenvalue weighted by molar-refractivity contribution is 7.97. The summed E-state index contributed by atoms with van der Waals surface area (Å²) in [6.07, 6.45) is 0. The van der Waals surface area contributed by atoms with Gasteiger partial charge >= 0.3 is 5.63 Å². The van der Waals surface area contributed by atoms with E-state index in [2.05, 4.69) is 19.1 Å². The van der Waals surface area contributed by atoms with E-state index in [1.54, 1.807) is 24.9 Å². The standard InChI is InChI=1S/C20H20O3S/c1-13-7-18-16(10-20(21)23-19(18)8-14(13)2)12-24-11-15-5-4-6-17(9-15)22-3/h4-10H,11-12H2,1-3H3. The molecule has 0 atom stereocenters. The molecule has 0 amide bonds. The lowest BCUT2D eigenvalue weighted by Gasteiger charge is -2.09. The highest BCUT2D eigenvalue weighted by Gasteiger charge is 2.08. The van der Waals surface area contributed by atoms with Crippen LogP contribution in [0.1, 0.15) is 22.3 Å². The molecule has 1 heterocycles. The minimum absolute atomic E-state index is 0.289. The lowest BCUT2D eigenvalue weighted by Crippen LogP contribution is -2.01. The molecule has 1 aromatic heterocycles. The Morgan fingerprint density at radius 1 is 1.04 bits per heavy atom. The first kappa shape index (κ1) is 16.7. The molecule has 0 aliphatic heterocycles. The maximum Gasteiger partial charge on any atom is 0.336 e. The van der Waals surface area contributed by atoms with Gasteiger partial charge in [0.15, 0.2) is 0 Å². The third-order valence-corrected chi connectivity index (χ3v) is 5.16. The fraction of sp³-hybridized carbons (Fsp3) is 0.250. The van der Waals surface area contributed by atoms with Crippen molar-refractivity contribution < 1.29 is 9.15 Å². The summed E-state index contributed by atoms with van der Waals surface area (Å²) in [5.41, 5.74) is 4.95. The number of ether oxygens (including phenoxy) is 1. The molecule has 0 saturated heterocycles. The topological polar surface area (TPSA) is 39.4 Å². The maximum absolute atomic E-state index is 11.8. The van der Waals surface area contributed by atoms with E-state index >= 15 is 0 Å². The second-order valence-corrected chi connectivity index (χ2v) is 6.85. The van der Waals surface area contributed by atoms with E-state index in [0.29, 0.717) is 5.58 Å². The third kappa shape index (κ3) is 3.65. The monoisotopic (exact) mass is 340 g/mol. The van der Waals surface area contributed by atoms with Gasteiger partial charge in [-0.3, -0.25) is 0 Å². The minimum atomic E-state index is -0.289. The summed E-state index contributed by atoms with van der Waals surface area (Å²) in [6.45, 7) is 4.10. The van der Waals surface area contributed by atoms with Crippen LogP contribution in [0.3, 0.4) is 0 Å². The van der Waals surface area contributed by atoms with E-state index < -0.39 is 0 Å². The van der Waals surface area contributed by atoms with E-state index in [1.807, 2.05) is 31.2 Å². The number of rotatable bonds is 5. The molecule has 0 saturated carbocycles. The predicted molar refractivity (Wildman–Crippen MR) is 100.0 cm³/mol. The molecule has 0 radical (unpaired) electrons. The van der Waals surface area contributed by atoms with Crippen molar-refractivity contribution >= 4 is 22.7 Å². The van der Waals surface area contributed by atoms with Crippen LogP contribution in [-0.4, -0.2) is 7.11 Å². The average Bonchev–Trinajstić information content (AvgIpc) is 2.56. The number of methoxy groups -OCH3 is 1. The zero-order chi connectivity index (χ0) is 17.1. The van der Waals surface area contributed by atoms with Crippen molar-refractivity contribution in [1.82, 2.24) is 0 Å². The number of thioether (sulfide) groups is 1. The van der Waals surface area contributed by atoms with Gasteiger partial charge in [0.25, 0.3) is 0 Å². The van der Waals surface area contributed by atoms with Crippen molar-refractivity contribution in [3.63, 3.8) is 0 Å². The van der Waals surface area contributed by atoms with Gasteiger partial charge in [-0.25, -0.2) is 4.79 Å². The zero-order valence-corrected chi connectivity index (χ0v) is 14.9. The first-order valence-electron chi connectivity index (χ1n) is 7.81. The summed E-state index contributed by atoms with van der Waals surface area (Å²) in [5, 5.41) is 1.02. The van der Waals surface area contributed by atoms with Gasteiger partial charge in [0.05, 0.1) is 7.11 Å². The first-order chi connectivity index (χ1) is 11.6. The third-order valence-electron chi connectivity index (χ3n) is 4.10. The SMILES string of the molecule is COc1cccc(CSCc2cc(=O)oc3cc(C)c(C)cc23)c1. The normalized spacial score (nSPS) is 11.0. The van der Waals surface area contributed by atoms with Crippen LogP contribution < -0.4 is 10.4 Å². The molecule has 4 heteroatoms. The Hall–Kier alpha value is -2.20. The van der Waals surface area contributed by atoms with E-state index in [4.69, 9.17) is 9.15 Å². The van der Waals surface area contributed by atoms with Gasteiger partial charge in [-0.05, 0) is 60.4 Å². The van der Waals surface area contributed by atoms with Gasteiger partial charge < -0.3 is 9.15 Å². The first-order valence-corrected chi connectivity index (χ1v) is 8.97. The highest BCUT2D eigenvalue weighted by Crippen LogP contribution is 2.26. The van der Waals surface area contributed by atoms with Crippen molar-refractivity contribution in [2.45, 2.75) is 25.4 Å². The van der Waals surface area contributed by atoms with Crippen molar-refractivity contribution in [2.24, 2.45) is 0 Å². The molecule has 3 aromatic rings. The lowest BCUT2D eigenvalue weighted by molar-refractivity contribution is 0.414. The molecule has 3 nitrogen and oxygen atoms in total. The van der Waals surface area contributed by atoms with Gasteiger partial charge in [-0.15, -0.1) is 0 Å². The highest BCUT2D eigenvalue weighted by atomic mass is 32.2. The predicted octanol–water partition coefficient (Wildman–Crippen LogP) is 4.85. The second-order valence-electron chi connectivity index (χ2n) is 5.87. The van der Waals surface area contributed by atoms with Crippen molar-refractivity contribution in [1.29, 1.82) is 0 Å². The molecule has 0 unspecified atom stereocenters. The Morgan fingerprint density at radius 2 is 1.83 bits per heavy atom. The van der Waals surface area contributed by atoms with E-state index in [0.717, 1.165) is 33.8 Å². The molecule has 0 fully saturated rings. The Labute approximate surface area is 145 Å². The Morgan fingerprint density at radius 3 is 2.62 bits per heavy atom. The van der Waals surface area contributed by atoms with Crippen LogP contribution in [0.15, 0.2) is 51.7 Å². The Bertz CT molecular complexity index is 928. The quantitative estimate of drug-likeness (QED) is 0.622. The summed E-state index contributed by atoms with van der Waals surface area (Å²) >= 11 is 1.78. The molecule has 0 aliphatic carbocycles. The fourth-order valence-electron chi connectivity index (χ4n) is 2.64. The van der Waals surface area contributed by atoms with Crippen LogP contribution in [-0.2, 0) is 11.5 Å². The van der Waals surface area contributed by atoms with Crippen molar-refractivity contribution in [3.05, 3.63) is 75.1 Å². The van der Waals surface area contributed by atoms with Gasteiger partial charge in [0.2, 0.25) is 0 Å². The van der Waals surface area contributed by atoms with Crippen LogP contribution in [0, 0.1) is 13.8 Å². The summed E-state index contributed by atoms with van der Waals surface area (Å²) in [5.74, 6) is 2.50. The molecule has 0 bridgehead atoms. The molecule has 0 N–H and O–H groups in total. The number of hydrogen-bond acceptors (Lipinski definition) is 4. The van der Waals surface area contributed by atoms with Gasteiger partial charge in [-0.2, -0.15) is 11.8 Å². The number of hydrogen-bond donors (Lipinski definition) is 0. The summed E-state index contributed by atoms with van der Waals surface area (Å²) in [7, 11) is 1.67. The number of benzene rings is 2. The van der Waals surface area contributed by atoms with Gasteiger partial charge in [-0.1, -0.05) is 12.1 Å². The zero-order valence-electron chi connectivity index (χ0n) is 14.1. The van der Waals surface area contributed by atoms with E-state index in [-0.39, 0.29) is 5.63 Å². The summed E-state index contributed by atoms with van der Waals surface area (Å²) in [6, 6.07) is 13.7. The summed E-state index contributed by atoms with van der Waals surface area (Å²) in [4.78, 5) is 11.8. The molecular weight excluding hydrogens is 320 g/mol. The minimum Gasteiger partial charge on any atom is -0.497 e. The smallest absolute Gasteiger partial charge is 0.336 e. The fourth-order valence-corrected chi connectivity index (χ4v) is 3.62. The second kappa shape index (κ2) is 7.14. The molecule has 124 valence electrons. The molecule has 2 aromatic carbocycles. The lowest BCUT2D eigenvalue weighted by atomic mass is 10.0. The van der Waals surface area contributed by atoms with E-state index in [9.17, 15) is 4.79 Å². The number of fused-ring (bicyclic) bond motifs is 1. The number of aryl methyl sites for hydroxylation is 2. The average molecular weight is 340 g/mol. The maximum atomic E-state index is 11.8. The van der Waals surface area contributed by atoms with Crippen molar-refractivity contribution in [3.8, 4) is 5.75 Å².